The molecule has 0 aliphatic rings. The molecule has 1 heterocycles. The van der Waals surface area contributed by atoms with Gasteiger partial charge >= 0.3 is 0 Å². The van der Waals surface area contributed by atoms with E-state index in [4.69, 9.17) is 0 Å². The van der Waals surface area contributed by atoms with Crippen molar-refractivity contribution in [2.75, 3.05) is 33.7 Å². The van der Waals surface area contributed by atoms with Gasteiger partial charge in [0.25, 0.3) is 0 Å². The summed E-state index contributed by atoms with van der Waals surface area (Å²) in [5.74, 6) is 1.35. The summed E-state index contributed by atoms with van der Waals surface area (Å²) in [7, 11) is 3.50. The second-order valence-corrected chi connectivity index (χ2v) is 6.80. The standard InChI is InChI=1S/C19H36N6O/c1-5-7-10-17(6-2)15-21-19(22-16-18(26)24(3)4)20-11-8-13-25-14-9-12-23-25/h9,12,14,17H,5-8,10-11,13,15-16H2,1-4H3,(H2,20,21,22). The molecular formula is C19H36N6O. The molecule has 1 rings (SSSR count). The molecule has 7 nitrogen and oxygen atoms in total. The third kappa shape index (κ3) is 9.44. The molecule has 0 spiro atoms. The fraction of sp³-hybridized carbons (Fsp3) is 0.737. The predicted octanol–water partition coefficient (Wildman–Crippen LogP) is 2.11. The monoisotopic (exact) mass is 364 g/mol. The maximum absolute atomic E-state index is 11.8. The lowest BCUT2D eigenvalue weighted by atomic mass is 9.99. The number of amides is 1. The fourth-order valence-corrected chi connectivity index (χ4v) is 2.53. The lowest BCUT2D eigenvalue weighted by Crippen LogP contribution is -2.41. The van der Waals surface area contributed by atoms with Crippen LogP contribution in [0.25, 0.3) is 0 Å². The minimum atomic E-state index is 0.000616. The molecule has 1 atom stereocenters. The number of carbonyl (C=O) groups is 1. The van der Waals surface area contributed by atoms with Crippen molar-refractivity contribution in [3.05, 3.63) is 18.5 Å². The number of nitrogens with one attached hydrogen (secondary N) is 2. The zero-order valence-electron chi connectivity index (χ0n) is 16.9. The predicted molar refractivity (Wildman–Crippen MR) is 107 cm³/mol. The number of likely N-dealkylation sites (N-methyl/N-ethyl adjacent to an activating group) is 1. The van der Waals surface area contributed by atoms with Gasteiger partial charge in [-0.3, -0.25) is 9.48 Å². The third-order valence-electron chi connectivity index (χ3n) is 4.39. The molecule has 0 saturated heterocycles. The smallest absolute Gasteiger partial charge is 0.243 e. The minimum absolute atomic E-state index is 0.000616. The highest BCUT2D eigenvalue weighted by Gasteiger charge is 2.08. The molecule has 0 aliphatic heterocycles. The van der Waals surface area contributed by atoms with Crippen molar-refractivity contribution in [1.29, 1.82) is 0 Å². The molecule has 0 radical (unpaired) electrons. The largest absolute Gasteiger partial charge is 0.356 e. The van der Waals surface area contributed by atoms with E-state index in [9.17, 15) is 4.79 Å². The molecule has 1 unspecified atom stereocenters. The number of nitrogens with zero attached hydrogens (tertiary/aromatic N) is 4. The van der Waals surface area contributed by atoms with Crippen LogP contribution in [-0.4, -0.2) is 60.3 Å². The van der Waals surface area contributed by atoms with E-state index in [2.05, 4.69) is 34.6 Å². The van der Waals surface area contributed by atoms with E-state index in [1.54, 1.807) is 25.2 Å². The van der Waals surface area contributed by atoms with E-state index < -0.39 is 0 Å². The molecule has 1 aromatic heterocycles. The van der Waals surface area contributed by atoms with Gasteiger partial charge in [0.05, 0.1) is 0 Å². The Kier molecular flexibility index (Phi) is 11.2. The van der Waals surface area contributed by atoms with Gasteiger partial charge in [0, 0.05) is 46.1 Å². The van der Waals surface area contributed by atoms with Gasteiger partial charge in [-0.15, -0.1) is 0 Å². The summed E-state index contributed by atoms with van der Waals surface area (Å²) >= 11 is 0. The van der Waals surface area contributed by atoms with Crippen LogP contribution in [0, 0.1) is 5.92 Å². The van der Waals surface area contributed by atoms with Gasteiger partial charge in [-0.1, -0.05) is 33.1 Å². The Morgan fingerprint density at radius 3 is 2.69 bits per heavy atom. The van der Waals surface area contributed by atoms with Crippen molar-refractivity contribution in [1.82, 2.24) is 25.3 Å². The zero-order valence-corrected chi connectivity index (χ0v) is 16.9. The molecule has 148 valence electrons. The average Bonchev–Trinajstić information content (AvgIpc) is 3.15. The Balaban J connectivity index is 2.48. The fourth-order valence-electron chi connectivity index (χ4n) is 2.53. The molecule has 0 fully saturated rings. The third-order valence-corrected chi connectivity index (χ3v) is 4.39. The van der Waals surface area contributed by atoms with Crippen LogP contribution in [0.1, 0.15) is 46.0 Å². The van der Waals surface area contributed by atoms with Crippen molar-refractivity contribution in [2.24, 2.45) is 10.9 Å². The van der Waals surface area contributed by atoms with Crippen LogP contribution in [0.2, 0.25) is 0 Å². The van der Waals surface area contributed by atoms with E-state index >= 15 is 0 Å². The summed E-state index contributed by atoms with van der Waals surface area (Å²) in [5, 5.41) is 11.0. The van der Waals surface area contributed by atoms with Crippen molar-refractivity contribution >= 4 is 11.9 Å². The van der Waals surface area contributed by atoms with Crippen molar-refractivity contribution in [3.63, 3.8) is 0 Å². The van der Waals surface area contributed by atoms with Crippen molar-refractivity contribution < 1.29 is 4.79 Å². The van der Waals surface area contributed by atoms with Crippen molar-refractivity contribution in [2.45, 2.75) is 52.5 Å². The molecule has 0 aromatic carbocycles. The molecule has 26 heavy (non-hydrogen) atoms. The highest BCUT2D eigenvalue weighted by Crippen LogP contribution is 2.11. The Morgan fingerprint density at radius 2 is 2.08 bits per heavy atom. The molecule has 2 N–H and O–H groups in total. The molecule has 1 amide bonds. The van der Waals surface area contributed by atoms with Crippen LogP contribution in [0.4, 0.5) is 0 Å². The topological polar surface area (TPSA) is 74.6 Å². The van der Waals surface area contributed by atoms with E-state index in [-0.39, 0.29) is 12.5 Å². The first-order chi connectivity index (χ1) is 12.6. The maximum atomic E-state index is 11.8. The molecule has 7 heteroatoms. The quantitative estimate of drug-likeness (QED) is 0.338. The van der Waals surface area contributed by atoms with E-state index in [0.29, 0.717) is 5.92 Å². The maximum Gasteiger partial charge on any atom is 0.243 e. The van der Waals surface area contributed by atoms with Crippen LogP contribution >= 0.6 is 0 Å². The summed E-state index contributed by atoms with van der Waals surface area (Å²) in [6.45, 7) is 7.14. The normalized spacial score (nSPS) is 12.7. The van der Waals surface area contributed by atoms with Gasteiger partial charge in [0.2, 0.25) is 5.91 Å². The number of rotatable bonds is 12. The number of hydrogen-bond acceptors (Lipinski definition) is 3. The molecule has 0 aliphatic carbocycles. The highest BCUT2D eigenvalue weighted by atomic mass is 16.2. The first kappa shape index (κ1) is 22.0. The van der Waals surface area contributed by atoms with Gasteiger partial charge in [-0.25, -0.2) is 4.99 Å². The molecule has 1 aromatic rings. The first-order valence-electron chi connectivity index (χ1n) is 9.76. The zero-order chi connectivity index (χ0) is 19.2. The van der Waals surface area contributed by atoms with Crippen LogP contribution in [0.3, 0.4) is 0 Å². The van der Waals surface area contributed by atoms with Crippen molar-refractivity contribution in [3.8, 4) is 0 Å². The SMILES string of the molecule is CCCCC(CC)CNC(=NCC(=O)N(C)C)NCCCn1cccn1. The second-order valence-electron chi connectivity index (χ2n) is 6.80. The summed E-state index contributed by atoms with van der Waals surface area (Å²) in [6.07, 6.45) is 9.54. The first-order valence-corrected chi connectivity index (χ1v) is 9.76. The minimum Gasteiger partial charge on any atom is -0.356 e. The Hall–Kier alpha value is -2.05. The van der Waals surface area contributed by atoms with E-state index in [1.807, 2.05) is 16.9 Å². The van der Waals surface area contributed by atoms with Gasteiger partial charge in [0.1, 0.15) is 6.54 Å². The number of carbonyl (C=O) groups excluding carboxylic acids is 1. The number of unbranched alkanes of at least 4 members (excludes halogenated alkanes) is 1. The Bertz CT molecular complexity index is 512. The number of aromatic nitrogens is 2. The second kappa shape index (κ2) is 13.2. The summed E-state index contributed by atoms with van der Waals surface area (Å²) in [6, 6.07) is 1.93. The van der Waals surface area contributed by atoms with Crippen LogP contribution < -0.4 is 10.6 Å². The summed E-state index contributed by atoms with van der Waals surface area (Å²) in [5.41, 5.74) is 0. The number of hydrogen-bond donors (Lipinski definition) is 2. The number of aryl methyl sites for hydroxylation is 1. The van der Waals surface area contributed by atoms with E-state index in [1.165, 1.54) is 19.3 Å². The Morgan fingerprint density at radius 1 is 1.27 bits per heavy atom. The molecule has 0 bridgehead atoms. The van der Waals surface area contributed by atoms with Crippen LogP contribution in [0.15, 0.2) is 23.5 Å². The Labute approximate surface area is 158 Å². The molecular weight excluding hydrogens is 328 g/mol. The van der Waals surface area contributed by atoms with Gasteiger partial charge in [-0.2, -0.15) is 5.10 Å². The van der Waals surface area contributed by atoms with Gasteiger partial charge < -0.3 is 15.5 Å². The highest BCUT2D eigenvalue weighted by molar-refractivity contribution is 5.84. The van der Waals surface area contributed by atoms with Gasteiger partial charge in [-0.05, 0) is 24.8 Å². The molecule has 0 saturated carbocycles. The number of aliphatic imine (C=N–C) groups is 1. The van der Waals surface area contributed by atoms with Crippen LogP contribution in [-0.2, 0) is 11.3 Å². The lowest BCUT2D eigenvalue weighted by molar-refractivity contribution is -0.127. The summed E-state index contributed by atoms with van der Waals surface area (Å²) in [4.78, 5) is 17.8. The summed E-state index contributed by atoms with van der Waals surface area (Å²) < 4.78 is 1.92. The number of guanidine groups is 1. The van der Waals surface area contributed by atoms with Gasteiger partial charge in [0.15, 0.2) is 5.96 Å². The average molecular weight is 365 g/mol. The van der Waals surface area contributed by atoms with E-state index in [0.717, 1.165) is 38.4 Å². The van der Waals surface area contributed by atoms with Crippen LogP contribution in [0.5, 0.6) is 0 Å². The lowest BCUT2D eigenvalue weighted by Gasteiger charge is -2.18.